The summed E-state index contributed by atoms with van der Waals surface area (Å²) < 4.78 is 2.15. The van der Waals surface area contributed by atoms with E-state index in [0.717, 1.165) is 41.6 Å². The lowest BCUT2D eigenvalue weighted by Gasteiger charge is -2.30. The number of amides is 1. The number of para-hydroxylation sites is 1. The number of thioether (sulfide) groups is 1. The van der Waals surface area contributed by atoms with Gasteiger partial charge in [0.05, 0.1) is 10.8 Å². The molecule has 0 bridgehead atoms. The van der Waals surface area contributed by atoms with Crippen LogP contribution in [-0.2, 0) is 24.3 Å². The molecule has 4 aromatic rings. The predicted octanol–water partition coefficient (Wildman–Crippen LogP) is 4.06. The molecule has 0 spiro atoms. The van der Waals surface area contributed by atoms with Crippen LogP contribution in [0.25, 0.3) is 22.1 Å². The first-order chi connectivity index (χ1) is 14.7. The summed E-state index contributed by atoms with van der Waals surface area (Å²) in [7, 11) is 0. The van der Waals surface area contributed by atoms with Gasteiger partial charge in [0.15, 0.2) is 5.65 Å². The summed E-state index contributed by atoms with van der Waals surface area (Å²) in [6, 6.07) is 16.5. The lowest BCUT2D eigenvalue weighted by Crippen LogP contribution is -2.40. The van der Waals surface area contributed by atoms with Gasteiger partial charge in [0.1, 0.15) is 5.52 Å². The zero-order valence-corrected chi connectivity index (χ0v) is 17.9. The van der Waals surface area contributed by atoms with Crippen molar-refractivity contribution < 1.29 is 4.79 Å². The minimum Gasteiger partial charge on any atom is -0.337 e. The second-order valence-corrected chi connectivity index (χ2v) is 8.87. The monoisotopic (exact) mass is 417 g/mol. The highest BCUT2D eigenvalue weighted by Gasteiger charge is 2.26. The molecule has 3 heterocycles. The molecular formula is C23H23N5OS. The van der Waals surface area contributed by atoms with E-state index >= 15 is 0 Å². The van der Waals surface area contributed by atoms with Crippen molar-refractivity contribution >= 4 is 39.7 Å². The molecule has 0 aliphatic carbocycles. The second-order valence-electron chi connectivity index (χ2n) is 7.57. The van der Waals surface area contributed by atoms with Crippen molar-refractivity contribution in [2.45, 2.75) is 43.8 Å². The van der Waals surface area contributed by atoms with Crippen LogP contribution >= 0.6 is 11.8 Å². The normalized spacial score (nSPS) is 14.8. The summed E-state index contributed by atoms with van der Waals surface area (Å²) in [5.74, 6) is 0.120. The molecule has 0 radical (unpaired) electrons. The van der Waals surface area contributed by atoms with Crippen LogP contribution in [0.3, 0.4) is 0 Å². The molecule has 2 aromatic carbocycles. The van der Waals surface area contributed by atoms with Gasteiger partial charge in [0.25, 0.3) is 0 Å². The minimum absolute atomic E-state index is 0.120. The summed E-state index contributed by atoms with van der Waals surface area (Å²) in [6.45, 7) is 6.25. The van der Waals surface area contributed by atoms with Gasteiger partial charge >= 0.3 is 0 Å². The van der Waals surface area contributed by atoms with Gasteiger partial charge in [-0.05, 0) is 37.5 Å². The molecule has 1 aliphatic heterocycles. The van der Waals surface area contributed by atoms with Crippen LogP contribution in [-0.4, -0.2) is 42.4 Å². The van der Waals surface area contributed by atoms with E-state index in [9.17, 15) is 4.79 Å². The van der Waals surface area contributed by atoms with Crippen molar-refractivity contribution in [3.63, 3.8) is 0 Å². The van der Waals surface area contributed by atoms with E-state index < -0.39 is 0 Å². The Hall–Kier alpha value is -2.93. The molecule has 0 fully saturated rings. The van der Waals surface area contributed by atoms with E-state index in [0.29, 0.717) is 11.7 Å². The van der Waals surface area contributed by atoms with Crippen molar-refractivity contribution in [1.29, 1.82) is 0 Å². The zero-order valence-electron chi connectivity index (χ0n) is 17.1. The van der Waals surface area contributed by atoms with Crippen molar-refractivity contribution in [3.05, 3.63) is 59.7 Å². The standard InChI is InChI=1S/C23H23N5OS/c1-3-28-19-11-7-6-10-18(19)20-21(28)24-23(26-25-20)30-15(2)22(29)27-13-12-16-8-4-5-9-17(16)14-27/h4-11,15H,3,12-14H2,1-2H3/t15-/m0/s1. The van der Waals surface area contributed by atoms with Gasteiger partial charge in [-0.15, -0.1) is 10.2 Å². The maximum atomic E-state index is 13.1. The minimum atomic E-state index is -0.269. The van der Waals surface area contributed by atoms with E-state index in [1.54, 1.807) is 0 Å². The number of carbonyl (C=O) groups excluding carboxylic acids is 1. The van der Waals surface area contributed by atoms with Crippen LogP contribution in [0, 0.1) is 0 Å². The number of carbonyl (C=O) groups is 1. The van der Waals surface area contributed by atoms with Crippen LogP contribution in [0.4, 0.5) is 0 Å². The molecule has 0 unspecified atom stereocenters. The number of aryl methyl sites for hydroxylation is 1. The highest BCUT2D eigenvalue weighted by atomic mass is 32.2. The number of nitrogens with zero attached hydrogens (tertiary/aromatic N) is 5. The maximum Gasteiger partial charge on any atom is 0.236 e. The predicted molar refractivity (Wildman–Crippen MR) is 119 cm³/mol. The quantitative estimate of drug-likeness (QED) is 0.469. The summed E-state index contributed by atoms with van der Waals surface area (Å²) in [5, 5.41) is 10.1. The fourth-order valence-corrected chi connectivity index (χ4v) is 5.00. The molecule has 5 rings (SSSR count). The van der Waals surface area contributed by atoms with Gasteiger partial charge in [-0.25, -0.2) is 4.98 Å². The summed E-state index contributed by atoms with van der Waals surface area (Å²) in [5.41, 5.74) is 5.31. The van der Waals surface area contributed by atoms with Gasteiger partial charge in [-0.3, -0.25) is 4.79 Å². The van der Waals surface area contributed by atoms with Gasteiger partial charge in [0, 0.05) is 25.0 Å². The van der Waals surface area contributed by atoms with Gasteiger partial charge in [-0.2, -0.15) is 0 Å². The van der Waals surface area contributed by atoms with Crippen molar-refractivity contribution in [2.75, 3.05) is 6.54 Å². The topological polar surface area (TPSA) is 63.9 Å². The fraction of sp³-hybridized carbons (Fsp3) is 0.304. The highest BCUT2D eigenvalue weighted by Crippen LogP contribution is 2.29. The molecule has 6 nitrogen and oxygen atoms in total. The number of hydrogen-bond donors (Lipinski definition) is 0. The molecule has 30 heavy (non-hydrogen) atoms. The van der Waals surface area contributed by atoms with Crippen LogP contribution < -0.4 is 0 Å². The molecule has 152 valence electrons. The van der Waals surface area contributed by atoms with E-state index in [1.165, 1.54) is 22.9 Å². The molecule has 0 N–H and O–H groups in total. The molecule has 0 saturated carbocycles. The van der Waals surface area contributed by atoms with Gasteiger partial charge in [0.2, 0.25) is 11.1 Å². The van der Waals surface area contributed by atoms with E-state index in [2.05, 4.69) is 46.0 Å². The third kappa shape index (κ3) is 3.23. The van der Waals surface area contributed by atoms with E-state index in [-0.39, 0.29) is 11.2 Å². The molecule has 1 aliphatic rings. The highest BCUT2D eigenvalue weighted by molar-refractivity contribution is 8.00. The number of rotatable bonds is 4. The lowest BCUT2D eigenvalue weighted by atomic mass is 10.00. The first-order valence-electron chi connectivity index (χ1n) is 10.3. The first-order valence-corrected chi connectivity index (χ1v) is 11.2. The number of fused-ring (bicyclic) bond motifs is 4. The Balaban J connectivity index is 1.39. The van der Waals surface area contributed by atoms with Crippen LogP contribution in [0.2, 0.25) is 0 Å². The Labute approximate surface area is 179 Å². The van der Waals surface area contributed by atoms with E-state index in [4.69, 9.17) is 4.98 Å². The van der Waals surface area contributed by atoms with Crippen molar-refractivity contribution in [1.82, 2.24) is 24.6 Å². The Kier molecular flexibility index (Phi) is 4.90. The number of hydrogen-bond acceptors (Lipinski definition) is 5. The Morgan fingerprint density at radius 1 is 1.10 bits per heavy atom. The smallest absolute Gasteiger partial charge is 0.236 e. The molecular weight excluding hydrogens is 394 g/mol. The Bertz CT molecular complexity index is 1250. The van der Waals surface area contributed by atoms with Gasteiger partial charge in [-0.1, -0.05) is 54.2 Å². The van der Waals surface area contributed by atoms with Crippen LogP contribution in [0.1, 0.15) is 25.0 Å². The maximum absolute atomic E-state index is 13.1. The second kappa shape index (κ2) is 7.72. The van der Waals surface area contributed by atoms with E-state index in [1.807, 2.05) is 36.1 Å². The largest absolute Gasteiger partial charge is 0.337 e. The Morgan fingerprint density at radius 2 is 1.87 bits per heavy atom. The molecule has 1 amide bonds. The lowest BCUT2D eigenvalue weighted by molar-refractivity contribution is -0.131. The summed E-state index contributed by atoms with van der Waals surface area (Å²) in [4.78, 5) is 19.8. The molecule has 2 aromatic heterocycles. The van der Waals surface area contributed by atoms with Gasteiger partial charge < -0.3 is 9.47 Å². The van der Waals surface area contributed by atoms with Crippen molar-refractivity contribution in [2.24, 2.45) is 0 Å². The van der Waals surface area contributed by atoms with Crippen LogP contribution in [0.15, 0.2) is 53.7 Å². The number of aromatic nitrogens is 4. The zero-order chi connectivity index (χ0) is 20.7. The van der Waals surface area contributed by atoms with Crippen molar-refractivity contribution in [3.8, 4) is 0 Å². The number of benzene rings is 2. The molecule has 7 heteroatoms. The average Bonchev–Trinajstić information content (AvgIpc) is 3.11. The third-order valence-corrected chi connectivity index (χ3v) is 6.68. The molecule has 0 saturated heterocycles. The SMILES string of the molecule is CCn1c2ccccc2c2nnc(S[C@@H](C)C(=O)N3CCc4ccccc4C3)nc21. The van der Waals surface area contributed by atoms with Crippen LogP contribution in [0.5, 0.6) is 0 Å². The summed E-state index contributed by atoms with van der Waals surface area (Å²) >= 11 is 1.38. The first kappa shape index (κ1) is 19.1. The summed E-state index contributed by atoms with van der Waals surface area (Å²) in [6.07, 6.45) is 0.903. The third-order valence-electron chi connectivity index (χ3n) is 5.74. The average molecular weight is 418 g/mol. The molecule has 1 atom stereocenters. The Morgan fingerprint density at radius 3 is 2.70 bits per heavy atom. The fourth-order valence-electron chi connectivity index (χ4n) is 4.21.